The first-order chi connectivity index (χ1) is 23.7. The normalized spacial score (nSPS) is 10.8. The molecule has 6 aromatic rings. The second-order valence-corrected chi connectivity index (χ2v) is 10.9. The Kier molecular flexibility index (Phi) is 9.38. The van der Waals surface area contributed by atoms with E-state index >= 15 is 0 Å². The smallest absolute Gasteiger partial charge is 0.337 e. The molecule has 0 aliphatic heterocycles. The summed E-state index contributed by atoms with van der Waals surface area (Å²) >= 11 is 3.21. The molecule has 0 unspecified atom stereocenters. The van der Waals surface area contributed by atoms with E-state index in [1.165, 1.54) is 36.9 Å². The minimum atomic E-state index is -1.48. The second kappa shape index (κ2) is 14.1. The van der Waals surface area contributed by atoms with Gasteiger partial charge in [0.2, 0.25) is 0 Å². The van der Waals surface area contributed by atoms with Gasteiger partial charge in [0.25, 0.3) is 11.8 Å². The van der Waals surface area contributed by atoms with Crippen molar-refractivity contribution < 1.29 is 33.0 Å². The standard InChI is InChI=1S/C31H21BrF2N10O5/c32-19-13-21(34)26(14-25(19)38-30(46)23-2-4-28(42-40-23)44-9-7-36-16-44)49-10-5-17-11-24(18(31(47)48)12-20(17)33)37-29(45)22-1-3-27(41-39-22)43-8-6-35-15-43/h1-4,6-9,11-16H,5,10H2,(H,37,45)(H,38,46)(H,47,48). The molecule has 0 radical (unpaired) electrons. The molecule has 0 saturated heterocycles. The topological polar surface area (TPSA) is 192 Å². The van der Waals surface area contributed by atoms with E-state index in [0.29, 0.717) is 11.6 Å². The summed E-state index contributed by atoms with van der Waals surface area (Å²) in [4.78, 5) is 45.4. The summed E-state index contributed by atoms with van der Waals surface area (Å²) in [5, 5.41) is 30.4. The van der Waals surface area contributed by atoms with Crippen LogP contribution in [0.5, 0.6) is 5.75 Å². The van der Waals surface area contributed by atoms with Gasteiger partial charge in [-0.3, -0.25) is 18.7 Å². The molecule has 3 N–H and O–H groups in total. The number of anilines is 2. The first kappa shape index (κ1) is 32.5. The van der Waals surface area contributed by atoms with Crippen LogP contribution in [-0.4, -0.2) is 69.0 Å². The van der Waals surface area contributed by atoms with Crippen molar-refractivity contribution in [3.05, 3.63) is 125 Å². The van der Waals surface area contributed by atoms with Crippen molar-refractivity contribution in [3.8, 4) is 17.4 Å². The third-order valence-corrected chi connectivity index (χ3v) is 7.52. The number of carbonyl (C=O) groups excluding carboxylic acids is 2. The van der Waals surface area contributed by atoms with Crippen LogP contribution in [0, 0.1) is 11.6 Å². The van der Waals surface area contributed by atoms with E-state index in [1.807, 2.05) is 0 Å². The van der Waals surface area contributed by atoms with Crippen LogP contribution in [-0.2, 0) is 6.42 Å². The minimum absolute atomic E-state index is 0.00993. The number of hydrogen-bond acceptors (Lipinski definition) is 10. The Morgan fingerprint density at radius 2 is 1.37 bits per heavy atom. The fourth-order valence-electron chi connectivity index (χ4n) is 4.43. The van der Waals surface area contributed by atoms with E-state index in [2.05, 4.69) is 56.9 Å². The van der Waals surface area contributed by atoms with Gasteiger partial charge in [-0.05, 0) is 64.0 Å². The van der Waals surface area contributed by atoms with Crippen molar-refractivity contribution >= 4 is 45.1 Å². The molecule has 4 aromatic heterocycles. The van der Waals surface area contributed by atoms with Crippen LogP contribution >= 0.6 is 15.9 Å². The highest BCUT2D eigenvalue weighted by Gasteiger charge is 2.20. The van der Waals surface area contributed by atoms with E-state index in [4.69, 9.17) is 4.74 Å². The summed E-state index contributed by atoms with van der Waals surface area (Å²) in [6.07, 6.45) is 9.28. The Morgan fingerprint density at radius 1 is 0.776 bits per heavy atom. The van der Waals surface area contributed by atoms with Crippen molar-refractivity contribution in [2.45, 2.75) is 6.42 Å². The number of carbonyl (C=O) groups is 3. The first-order valence-electron chi connectivity index (χ1n) is 14.1. The van der Waals surface area contributed by atoms with Gasteiger partial charge in [-0.15, -0.1) is 20.4 Å². The first-order valence-corrected chi connectivity index (χ1v) is 14.9. The maximum atomic E-state index is 15.0. The van der Waals surface area contributed by atoms with E-state index in [1.54, 1.807) is 40.0 Å². The largest absolute Gasteiger partial charge is 0.490 e. The Labute approximate surface area is 282 Å². The third-order valence-electron chi connectivity index (χ3n) is 6.87. The van der Waals surface area contributed by atoms with Crippen LogP contribution in [0.15, 0.2) is 90.4 Å². The summed E-state index contributed by atoms with van der Waals surface area (Å²) < 4.78 is 38.7. The molecule has 49 heavy (non-hydrogen) atoms. The van der Waals surface area contributed by atoms with Gasteiger partial charge < -0.3 is 20.5 Å². The molecule has 2 aromatic carbocycles. The lowest BCUT2D eigenvalue weighted by Gasteiger charge is -2.14. The molecule has 246 valence electrons. The molecule has 15 nitrogen and oxygen atoms in total. The fraction of sp³-hybridized carbons (Fsp3) is 0.0645. The van der Waals surface area contributed by atoms with Crippen LogP contribution in [0.4, 0.5) is 20.2 Å². The van der Waals surface area contributed by atoms with Crippen molar-refractivity contribution in [3.63, 3.8) is 0 Å². The lowest BCUT2D eigenvalue weighted by Crippen LogP contribution is -2.18. The van der Waals surface area contributed by atoms with E-state index < -0.39 is 35.0 Å². The zero-order valence-electron chi connectivity index (χ0n) is 24.8. The SMILES string of the molecule is O=C(Nc1cc(OCCc2cc(NC(=O)c3ccc(-n4ccnc4)nn3)c(C(=O)O)cc2F)c(F)cc1Br)c1ccc(-n2ccnc2)nn1. The molecule has 0 atom stereocenters. The average Bonchev–Trinajstić information content (AvgIpc) is 3.84. The summed E-state index contributed by atoms with van der Waals surface area (Å²) in [5.74, 6) is -3.96. The van der Waals surface area contributed by atoms with Gasteiger partial charge in [0.15, 0.2) is 34.6 Å². The predicted molar refractivity (Wildman–Crippen MR) is 171 cm³/mol. The Balaban J connectivity index is 1.12. The lowest BCUT2D eigenvalue weighted by atomic mass is 10.1. The molecular formula is C31H21BrF2N10O5. The molecule has 0 aliphatic rings. The maximum Gasteiger partial charge on any atom is 0.337 e. The summed E-state index contributed by atoms with van der Waals surface area (Å²) in [5.41, 5.74) is -0.698. The molecule has 18 heteroatoms. The molecule has 6 rings (SSSR count). The molecule has 0 bridgehead atoms. The van der Waals surface area contributed by atoms with Gasteiger partial charge in [0.05, 0.1) is 23.5 Å². The summed E-state index contributed by atoms with van der Waals surface area (Å²) in [6, 6.07) is 10.2. The highest BCUT2D eigenvalue weighted by molar-refractivity contribution is 9.10. The van der Waals surface area contributed by atoms with E-state index in [9.17, 15) is 28.3 Å². The Bertz CT molecular complexity index is 2150. The van der Waals surface area contributed by atoms with Crippen molar-refractivity contribution in [2.24, 2.45) is 0 Å². The molecule has 0 fully saturated rings. The van der Waals surface area contributed by atoms with Gasteiger partial charge in [0.1, 0.15) is 18.5 Å². The third kappa shape index (κ3) is 7.43. The number of hydrogen-bond donors (Lipinski definition) is 3. The molecule has 4 heterocycles. The quantitative estimate of drug-likeness (QED) is 0.170. The number of amides is 2. The van der Waals surface area contributed by atoms with Crippen LogP contribution < -0.4 is 15.4 Å². The number of ether oxygens (including phenoxy) is 1. The van der Waals surface area contributed by atoms with Gasteiger partial charge in [-0.25, -0.2) is 23.5 Å². The Hall–Kier alpha value is -6.43. The molecule has 2 amide bonds. The number of halogens is 3. The van der Waals surface area contributed by atoms with Crippen LogP contribution in [0.25, 0.3) is 11.6 Å². The number of carboxylic acid groups (broad SMARTS) is 1. The van der Waals surface area contributed by atoms with Gasteiger partial charge in [-0.1, -0.05) is 0 Å². The molecular weight excluding hydrogens is 710 g/mol. The van der Waals surface area contributed by atoms with Crippen LogP contribution in [0.2, 0.25) is 0 Å². The lowest BCUT2D eigenvalue weighted by molar-refractivity contribution is 0.0697. The summed E-state index contributed by atoms with van der Waals surface area (Å²) in [7, 11) is 0. The van der Waals surface area contributed by atoms with Gasteiger partial charge in [-0.2, -0.15) is 0 Å². The van der Waals surface area contributed by atoms with Crippen molar-refractivity contribution in [1.29, 1.82) is 0 Å². The van der Waals surface area contributed by atoms with Crippen molar-refractivity contribution in [2.75, 3.05) is 17.2 Å². The minimum Gasteiger partial charge on any atom is -0.490 e. The molecule has 0 aliphatic carbocycles. The van der Waals surface area contributed by atoms with Gasteiger partial charge >= 0.3 is 5.97 Å². The number of carboxylic acids is 1. The summed E-state index contributed by atoms with van der Waals surface area (Å²) in [6.45, 7) is -0.259. The number of imidazole rings is 2. The number of aromatic carboxylic acids is 1. The highest BCUT2D eigenvalue weighted by atomic mass is 79.9. The number of aromatic nitrogens is 8. The van der Waals surface area contributed by atoms with E-state index in [0.717, 1.165) is 18.2 Å². The Morgan fingerprint density at radius 3 is 1.88 bits per heavy atom. The monoisotopic (exact) mass is 730 g/mol. The number of nitrogens with one attached hydrogen (secondary N) is 2. The molecule has 0 saturated carbocycles. The fourth-order valence-corrected chi connectivity index (χ4v) is 4.84. The van der Waals surface area contributed by atoms with E-state index in [-0.39, 0.29) is 51.6 Å². The predicted octanol–water partition coefficient (Wildman–Crippen LogP) is 4.50. The maximum absolute atomic E-state index is 15.0. The number of rotatable bonds is 11. The van der Waals surface area contributed by atoms with Gasteiger partial charge in [0, 0.05) is 41.7 Å². The zero-order valence-corrected chi connectivity index (χ0v) is 26.4. The van der Waals surface area contributed by atoms with Crippen LogP contribution in [0.3, 0.4) is 0 Å². The van der Waals surface area contributed by atoms with Crippen LogP contribution in [0.1, 0.15) is 36.9 Å². The van der Waals surface area contributed by atoms with Crippen molar-refractivity contribution in [1.82, 2.24) is 39.5 Å². The number of benzene rings is 2. The molecule has 0 spiro atoms. The zero-order chi connectivity index (χ0) is 34.5. The highest BCUT2D eigenvalue weighted by Crippen LogP contribution is 2.31. The average molecular weight is 731 g/mol. The second-order valence-electron chi connectivity index (χ2n) is 10.1. The number of nitrogens with zero attached hydrogens (tertiary/aromatic N) is 8.